The fourth-order valence-electron chi connectivity index (χ4n) is 7.24. The molecule has 2 aliphatic carbocycles. The van der Waals surface area contributed by atoms with Crippen LogP contribution in [0.5, 0.6) is 5.75 Å². The number of aryl methyl sites for hydroxylation is 1. The van der Waals surface area contributed by atoms with Gasteiger partial charge in [0.15, 0.2) is 5.78 Å². The van der Waals surface area contributed by atoms with Crippen molar-refractivity contribution in [2.75, 3.05) is 24.6 Å². The molecule has 2 aliphatic heterocycles. The number of rotatable bonds is 0. The van der Waals surface area contributed by atoms with Crippen LogP contribution in [0.4, 0.5) is 5.69 Å². The van der Waals surface area contributed by atoms with Gasteiger partial charge in [0.25, 0.3) is 5.91 Å². The summed E-state index contributed by atoms with van der Waals surface area (Å²) in [7, 11) is -3.97. The Morgan fingerprint density at radius 2 is 1.88 bits per heavy atom. The van der Waals surface area contributed by atoms with Gasteiger partial charge in [0.1, 0.15) is 5.75 Å². The van der Waals surface area contributed by atoms with Gasteiger partial charge in [0, 0.05) is 35.0 Å². The maximum Gasteiger partial charge on any atom is 0.264 e. The number of fused-ring (bicyclic) bond motifs is 4. The Hall–Kier alpha value is -2.84. The Morgan fingerprint density at radius 1 is 1.07 bits per heavy atom. The van der Waals surface area contributed by atoms with Gasteiger partial charge in [-0.1, -0.05) is 37.6 Å². The standard InChI is InChI=1S/C33H39ClN2O5S/c1-20-6-12-30(37)27-10-7-25(27)17-36-18-33(14-4-5-23-15-26(34)9-11-28(23)33)19-41-31-13-8-24(16-29(31)36)32(38)35-42(39,40)22(3)21(20)2/h6,8-9,11-13,15-16,20-22,25,27H,4-5,7,10,14,17-19H2,1-3H3,(H,35,38)/b12-6-/t20-,21-,22+,25-,27+,33-/m0/s1. The monoisotopic (exact) mass is 610 g/mol. The Labute approximate surface area is 253 Å². The largest absolute Gasteiger partial charge is 0.490 e. The summed E-state index contributed by atoms with van der Waals surface area (Å²) in [5, 5.41) is -0.109. The molecule has 7 nitrogen and oxygen atoms in total. The van der Waals surface area contributed by atoms with E-state index in [4.69, 9.17) is 16.3 Å². The third-order valence-electron chi connectivity index (χ3n) is 10.4. The van der Waals surface area contributed by atoms with Crippen molar-refractivity contribution < 1.29 is 22.7 Å². The van der Waals surface area contributed by atoms with E-state index in [1.165, 1.54) is 11.1 Å². The molecule has 1 fully saturated rings. The first-order chi connectivity index (χ1) is 20.0. The van der Waals surface area contributed by atoms with E-state index in [1.54, 1.807) is 31.2 Å². The molecule has 42 heavy (non-hydrogen) atoms. The minimum absolute atomic E-state index is 0.0784. The molecule has 0 aromatic heterocycles. The summed E-state index contributed by atoms with van der Waals surface area (Å²) in [5.74, 6) is -0.248. The molecule has 2 bridgehead atoms. The molecule has 2 heterocycles. The first kappa shape index (κ1) is 29.2. The van der Waals surface area contributed by atoms with Gasteiger partial charge >= 0.3 is 0 Å². The average molecular weight is 611 g/mol. The SMILES string of the molecule is C[C@@H]1[C@@H](C)S(=O)(=O)NC(=O)c2ccc3c(c2)N(C[C@@H]2CC[C@H]2C(=O)/C=C\[C@@H]1C)C[C@@]1(CCCc2cc(Cl)ccc21)CO3. The number of anilines is 1. The molecule has 6 rings (SSSR count). The van der Waals surface area contributed by atoms with Crippen molar-refractivity contribution >= 4 is 39.0 Å². The van der Waals surface area contributed by atoms with Gasteiger partial charge in [-0.05, 0) is 104 Å². The van der Waals surface area contributed by atoms with E-state index >= 15 is 0 Å². The van der Waals surface area contributed by atoms with E-state index in [2.05, 4.69) is 21.8 Å². The third-order valence-corrected chi connectivity index (χ3v) is 12.5. The van der Waals surface area contributed by atoms with Crippen LogP contribution in [0, 0.1) is 23.7 Å². The molecule has 224 valence electrons. The van der Waals surface area contributed by atoms with Crippen molar-refractivity contribution in [2.24, 2.45) is 23.7 Å². The van der Waals surface area contributed by atoms with Crippen molar-refractivity contribution in [1.29, 1.82) is 0 Å². The molecule has 6 atom stereocenters. The Kier molecular flexibility index (Phi) is 7.67. The zero-order valence-corrected chi connectivity index (χ0v) is 26.0. The van der Waals surface area contributed by atoms with Gasteiger partial charge in [-0.2, -0.15) is 0 Å². The van der Waals surface area contributed by atoms with Crippen LogP contribution in [-0.2, 0) is 26.7 Å². The number of halogens is 1. The first-order valence-corrected chi connectivity index (χ1v) is 17.0. The minimum atomic E-state index is -3.97. The van der Waals surface area contributed by atoms with Gasteiger partial charge in [-0.25, -0.2) is 13.1 Å². The van der Waals surface area contributed by atoms with Crippen LogP contribution in [0.2, 0.25) is 5.02 Å². The first-order valence-electron chi connectivity index (χ1n) is 15.1. The van der Waals surface area contributed by atoms with Crippen LogP contribution in [0.15, 0.2) is 48.6 Å². The number of carbonyl (C=O) groups is 2. The lowest BCUT2D eigenvalue weighted by molar-refractivity contribution is -0.122. The number of ether oxygens (including phenoxy) is 1. The fraction of sp³-hybridized carbons (Fsp3) is 0.515. The second-order valence-electron chi connectivity index (χ2n) is 12.9. The van der Waals surface area contributed by atoms with E-state index in [0.717, 1.165) is 42.8 Å². The summed E-state index contributed by atoms with van der Waals surface area (Å²) in [6.45, 7) is 7.16. The van der Waals surface area contributed by atoms with E-state index in [0.29, 0.717) is 25.4 Å². The summed E-state index contributed by atoms with van der Waals surface area (Å²) in [6.07, 6.45) is 8.21. The average Bonchev–Trinajstić information content (AvgIpc) is 3.09. The summed E-state index contributed by atoms with van der Waals surface area (Å²) in [4.78, 5) is 29.0. The summed E-state index contributed by atoms with van der Waals surface area (Å²) in [5.41, 5.74) is 3.21. The quantitative estimate of drug-likeness (QED) is 0.411. The van der Waals surface area contributed by atoms with Crippen LogP contribution in [0.1, 0.15) is 67.9 Å². The number of nitrogens with one attached hydrogen (secondary N) is 1. The molecule has 4 aliphatic rings. The van der Waals surface area contributed by atoms with E-state index in [-0.39, 0.29) is 40.4 Å². The minimum Gasteiger partial charge on any atom is -0.490 e. The van der Waals surface area contributed by atoms with Gasteiger partial charge in [0.05, 0.1) is 17.5 Å². The fourth-order valence-corrected chi connectivity index (χ4v) is 8.81. The number of hydrogen-bond acceptors (Lipinski definition) is 6. The molecule has 2 aromatic rings. The molecule has 1 N–H and O–H groups in total. The Bertz CT molecular complexity index is 1560. The molecular weight excluding hydrogens is 572 g/mol. The van der Waals surface area contributed by atoms with Crippen LogP contribution >= 0.6 is 11.6 Å². The highest BCUT2D eigenvalue weighted by Gasteiger charge is 2.44. The van der Waals surface area contributed by atoms with Crippen molar-refractivity contribution in [2.45, 2.75) is 63.5 Å². The molecule has 0 radical (unpaired) electrons. The lowest BCUT2D eigenvalue weighted by atomic mass is 9.68. The number of benzene rings is 2. The highest BCUT2D eigenvalue weighted by atomic mass is 35.5. The van der Waals surface area contributed by atoms with Crippen molar-refractivity contribution in [3.05, 3.63) is 70.3 Å². The number of ketones is 1. The summed E-state index contributed by atoms with van der Waals surface area (Å²) in [6, 6.07) is 11.3. The second kappa shape index (κ2) is 11.0. The van der Waals surface area contributed by atoms with Crippen LogP contribution < -0.4 is 14.4 Å². The smallest absolute Gasteiger partial charge is 0.264 e. The normalized spacial score (nSPS) is 33.3. The molecule has 2 aromatic carbocycles. The lowest BCUT2D eigenvalue weighted by Crippen LogP contribution is -2.49. The molecule has 1 spiro atoms. The van der Waals surface area contributed by atoms with Crippen molar-refractivity contribution in [3.8, 4) is 5.75 Å². The number of amides is 1. The predicted molar refractivity (Wildman–Crippen MR) is 165 cm³/mol. The van der Waals surface area contributed by atoms with Gasteiger partial charge < -0.3 is 9.64 Å². The third kappa shape index (κ3) is 5.25. The van der Waals surface area contributed by atoms with Crippen LogP contribution in [0.25, 0.3) is 0 Å². The Morgan fingerprint density at radius 3 is 2.64 bits per heavy atom. The molecule has 1 saturated carbocycles. The maximum absolute atomic E-state index is 13.4. The highest BCUT2D eigenvalue weighted by Crippen LogP contribution is 2.46. The number of carbonyl (C=O) groups excluding carboxylic acids is 2. The summed E-state index contributed by atoms with van der Waals surface area (Å²) >= 11 is 6.38. The second-order valence-corrected chi connectivity index (χ2v) is 15.4. The maximum atomic E-state index is 13.4. The Balaban J connectivity index is 1.43. The van der Waals surface area contributed by atoms with Crippen molar-refractivity contribution in [1.82, 2.24) is 4.72 Å². The van der Waals surface area contributed by atoms with Gasteiger partial charge in [-0.15, -0.1) is 0 Å². The number of hydrogen-bond donors (Lipinski definition) is 1. The van der Waals surface area contributed by atoms with Crippen molar-refractivity contribution in [3.63, 3.8) is 0 Å². The van der Waals surface area contributed by atoms with Crippen LogP contribution in [0.3, 0.4) is 0 Å². The molecular formula is C33H39ClN2O5S. The topological polar surface area (TPSA) is 92.8 Å². The molecule has 0 unspecified atom stereocenters. The summed E-state index contributed by atoms with van der Waals surface area (Å²) < 4.78 is 35.3. The van der Waals surface area contributed by atoms with E-state index in [1.807, 2.05) is 26.0 Å². The number of sulfonamides is 1. The van der Waals surface area contributed by atoms with E-state index < -0.39 is 21.2 Å². The molecule has 1 amide bonds. The predicted octanol–water partition coefficient (Wildman–Crippen LogP) is 5.70. The zero-order valence-electron chi connectivity index (χ0n) is 24.4. The molecule has 0 saturated heterocycles. The number of allylic oxidation sites excluding steroid dienone is 2. The highest BCUT2D eigenvalue weighted by molar-refractivity contribution is 7.90. The lowest BCUT2D eigenvalue weighted by Gasteiger charge is -2.44. The van der Waals surface area contributed by atoms with Gasteiger partial charge in [-0.3, -0.25) is 9.59 Å². The van der Waals surface area contributed by atoms with E-state index in [9.17, 15) is 18.0 Å². The molecule has 9 heteroatoms. The van der Waals surface area contributed by atoms with Gasteiger partial charge in [0.2, 0.25) is 10.0 Å². The van der Waals surface area contributed by atoms with Crippen LogP contribution in [-0.4, -0.2) is 45.1 Å². The zero-order chi connectivity index (χ0) is 29.8. The number of nitrogens with zero attached hydrogens (tertiary/aromatic N) is 1.